The van der Waals surface area contributed by atoms with Crippen molar-refractivity contribution >= 4 is 0 Å². The van der Waals surface area contributed by atoms with Crippen LogP contribution in [0.5, 0.6) is 0 Å². The third kappa shape index (κ3) is 2.34. The Morgan fingerprint density at radius 3 is 2.65 bits per heavy atom. The molecule has 0 aliphatic carbocycles. The van der Waals surface area contributed by atoms with E-state index < -0.39 is 0 Å². The van der Waals surface area contributed by atoms with Crippen LogP contribution in [0, 0.1) is 0 Å². The van der Waals surface area contributed by atoms with Crippen LogP contribution in [0.3, 0.4) is 0 Å². The van der Waals surface area contributed by atoms with Crippen molar-refractivity contribution in [2.45, 2.75) is 33.2 Å². The first-order valence-electron chi connectivity index (χ1n) is 5.89. The number of aromatic nitrogens is 4. The fourth-order valence-corrected chi connectivity index (χ4v) is 1.65. The maximum atomic E-state index is 5.59. The second-order valence-electron chi connectivity index (χ2n) is 3.75. The van der Waals surface area contributed by atoms with Crippen molar-refractivity contribution in [2.24, 2.45) is 5.73 Å². The Labute approximate surface area is 101 Å². The lowest BCUT2D eigenvalue weighted by molar-refractivity contribution is 0.761. The Morgan fingerprint density at radius 2 is 2.00 bits per heavy atom. The molecule has 17 heavy (non-hydrogen) atoms. The molecule has 0 fully saturated rings. The predicted molar refractivity (Wildman–Crippen MR) is 65.8 cm³/mol. The second kappa shape index (κ2) is 5.05. The zero-order chi connectivity index (χ0) is 12.3. The summed E-state index contributed by atoms with van der Waals surface area (Å²) in [5, 5.41) is 4.45. The Balaban J connectivity index is 2.47. The number of rotatable bonds is 4. The van der Waals surface area contributed by atoms with Crippen LogP contribution in [0.1, 0.15) is 31.2 Å². The zero-order valence-electron chi connectivity index (χ0n) is 10.2. The van der Waals surface area contributed by atoms with E-state index in [9.17, 15) is 0 Å². The summed E-state index contributed by atoms with van der Waals surface area (Å²) in [6.07, 6.45) is 1.66. The minimum Gasteiger partial charge on any atom is -0.325 e. The molecule has 5 nitrogen and oxygen atoms in total. The summed E-state index contributed by atoms with van der Waals surface area (Å²) in [7, 11) is 0. The Bertz CT molecular complexity index is 503. The van der Waals surface area contributed by atoms with Gasteiger partial charge >= 0.3 is 0 Å². The molecule has 0 amide bonds. The average Bonchev–Trinajstić information content (AvgIpc) is 2.82. The van der Waals surface area contributed by atoms with Gasteiger partial charge in [0.25, 0.3) is 0 Å². The molecule has 5 heteroatoms. The first-order valence-corrected chi connectivity index (χ1v) is 5.89. The van der Waals surface area contributed by atoms with Crippen molar-refractivity contribution in [2.75, 3.05) is 0 Å². The Hall–Kier alpha value is -1.75. The summed E-state index contributed by atoms with van der Waals surface area (Å²) < 4.78 is 1.80. The van der Waals surface area contributed by atoms with Crippen LogP contribution in [-0.4, -0.2) is 19.7 Å². The van der Waals surface area contributed by atoms with Crippen LogP contribution in [0.15, 0.2) is 18.2 Å². The molecule has 0 bridgehead atoms. The Kier molecular flexibility index (Phi) is 3.49. The van der Waals surface area contributed by atoms with Gasteiger partial charge in [-0.2, -0.15) is 4.68 Å². The molecule has 0 radical (unpaired) electrons. The standard InChI is InChI=1S/C12H17N5/c1-3-10-15-11(4-2)17(16-10)12-7-5-6-9(8-13)14-12/h5-7H,3-4,8,13H2,1-2H3. The SMILES string of the molecule is CCc1nc(CC)n(-c2cccc(CN)n2)n1. The molecule has 2 rings (SSSR count). The van der Waals surface area contributed by atoms with E-state index in [2.05, 4.69) is 22.0 Å². The van der Waals surface area contributed by atoms with E-state index in [0.717, 1.165) is 36.0 Å². The monoisotopic (exact) mass is 231 g/mol. The lowest BCUT2D eigenvalue weighted by Gasteiger charge is -2.04. The molecular formula is C12H17N5. The molecule has 0 spiro atoms. The molecule has 2 aromatic rings. The van der Waals surface area contributed by atoms with Gasteiger partial charge in [0, 0.05) is 19.4 Å². The molecule has 0 saturated heterocycles. The second-order valence-corrected chi connectivity index (χ2v) is 3.75. The highest BCUT2D eigenvalue weighted by atomic mass is 15.4. The molecule has 0 unspecified atom stereocenters. The van der Waals surface area contributed by atoms with Gasteiger partial charge < -0.3 is 5.73 Å². The molecule has 2 heterocycles. The smallest absolute Gasteiger partial charge is 0.155 e. The third-order valence-corrected chi connectivity index (χ3v) is 2.57. The van der Waals surface area contributed by atoms with Crippen molar-refractivity contribution in [3.63, 3.8) is 0 Å². The average molecular weight is 231 g/mol. The first kappa shape index (κ1) is 11.7. The van der Waals surface area contributed by atoms with Crippen molar-refractivity contribution in [3.05, 3.63) is 35.5 Å². The molecule has 0 saturated carbocycles. The summed E-state index contributed by atoms with van der Waals surface area (Å²) in [4.78, 5) is 8.91. The highest BCUT2D eigenvalue weighted by Crippen LogP contribution is 2.09. The lowest BCUT2D eigenvalue weighted by Crippen LogP contribution is -2.07. The summed E-state index contributed by atoms with van der Waals surface area (Å²) in [5.74, 6) is 2.57. The van der Waals surface area contributed by atoms with Gasteiger partial charge in [0.2, 0.25) is 0 Å². The number of pyridine rings is 1. The molecule has 0 atom stereocenters. The summed E-state index contributed by atoms with van der Waals surface area (Å²) >= 11 is 0. The molecule has 0 aromatic carbocycles. The lowest BCUT2D eigenvalue weighted by atomic mass is 10.3. The molecule has 2 N–H and O–H groups in total. The van der Waals surface area contributed by atoms with E-state index in [1.165, 1.54) is 0 Å². The number of nitrogens with zero attached hydrogens (tertiary/aromatic N) is 4. The molecular weight excluding hydrogens is 214 g/mol. The van der Waals surface area contributed by atoms with Gasteiger partial charge in [0.05, 0.1) is 5.69 Å². The van der Waals surface area contributed by atoms with E-state index in [1.807, 2.05) is 25.1 Å². The predicted octanol–water partition coefficient (Wildman–Crippen LogP) is 1.25. The fourth-order valence-electron chi connectivity index (χ4n) is 1.65. The van der Waals surface area contributed by atoms with E-state index in [0.29, 0.717) is 6.54 Å². The van der Waals surface area contributed by atoms with Crippen molar-refractivity contribution < 1.29 is 0 Å². The van der Waals surface area contributed by atoms with Crippen molar-refractivity contribution in [3.8, 4) is 5.82 Å². The maximum Gasteiger partial charge on any atom is 0.155 e. The van der Waals surface area contributed by atoms with E-state index in [1.54, 1.807) is 4.68 Å². The number of hydrogen-bond acceptors (Lipinski definition) is 4. The minimum absolute atomic E-state index is 0.435. The van der Waals surface area contributed by atoms with Crippen LogP contribution in [0.2, 0.25) is 0 Å². The van der Waals surface area contributed by atoms with E-state index in [4.69, 9.17) is 5.73 Å². The van der Waals surface area contributed by atoms with Gasteiger partial charge in [0.15, 0.2) is 11.6 Å². The largest absolute Gasteiger partial charge is 0.325 e. The first-order chi connectivity index (χ1) is 8.28. The van der Waals surface area contributed by atoms with Crippen molar-refractivity contribution in [1.29, 1.82) is 0 Å². The van der Waals surface area contributed by atoms with E-state index in [-0.39, 0.29) is 0 Å². The van der Waals surface area contributed by atoms with Gasteiger partial charge in [-0.3, -0.25) is 0 Å². The van der Waals surface area contributed by atoms with Crippen LogP contribution in [0.4, 0.5) is 0 Å². The fraction of sp³-hybridized carbons (Fsp3) is 0.417. The van der Waals surface area contributed by atoms with Crippen LogP contribution in [-0.2, 0) is 19.4 Å². The molecule has 2 aromatic heterocycles. The summed E-state index contributed by atoms with van der Waals surface area (Å²) in [6, 6.07) is 5.77. The third-order valence-electron chi connectivity index (χ3n) is 2.57. The quantitative estimate of drug-likeness (QED) is 0.859. The van der Waals surface area contributed by atoms with Crippen LogP contribution >= 0.6 is 0 Å². The summed E-state index contributed by atoms with van der Waals surface area (Å²) in [5.41, 5.74) is 6.45. The maximum absolute atomic E-state index is 5.59. The highest BCUT2D eigenvalue weighted by molar-refractivity contribution is 5.25. The van der Waals surface area contributed by atoms with E-state index >= 15 is 0 Å². The zero-order valence-corrected chi connectivity index (χ0v) is 10.2. The van der Waals surface area contributed by atoms with Gasteiger partial charge in [0.1, 0.15) is 5.82 Å². The number of nitrogens with two attached hydrogens (primary N) is 1. The van der Waals surface area contributed by atoms with Gasteiger partial charge in [-0.25, -0.2) is 9.97 Å². The topological polar surface area (TPSA) is 69.6 Å². The van der Waals surface area contributed by atoms with Crippen LogP contribution in [0.25, 0.3) is 5.82 Å². The summed E-state index contributed by atoms with van der Waals surface area (Å²) in [6.45, 7) is 4.54. The van der Waals surface area contributed by atoms with Crippen LogP contribution < -0.4 is 5.73 Å². The minimum atomic E-state index is 0.435. The molecule has 90 valence electrons. The van der Waals surface area contributed by atoms with Gasteiger partial charge in [-0.05, 0) is 12.1 Å². The van der Waals surface area contributed by atoms with Gasteiger partial charge in [-0.1, -0.05) is 19.9 Å². The molecule has 0 aliphatic heterocycles. The van der Waals surface area contributed by atoms with Gasteiger partial charge in [-0.15, -0.1) is 5.10 Å². The Morgan fingerprint density at radius 1 is 1.18 bits per heavy atom. The normalized spacial score (nSPS) is 10.8. The number of aryl methyl sites for hydroxylation is 2. The van der Waals surface area contributed by atoms with Crippen molar-refractivity contribution in [1.82, 2.24) is 19.7 Å². The molecule has 0 aliphatic rings. The highest BCUT2D eigenvalue weighted by Gasteiger charge is 2.09. The number of hydrogen-bond donors (Lipinski definition) is 1.